The van der Waals surface area contributed by atoms with Crippen molar-refractivity contribution in [3.8, 4) is 0 Å². The molecule has 0 atom stereocenters. The summed E-state index contributed by atoms with van der Waals surface area (Å²) in [4.78, 5) is 22.9. The highest BCUT2D eigenvalue weighted by Gasteiger charge is 2.18. The minimum Gasteiger partial charge on any atom is -0.462 e. The first kappa shape index (κ1) is 21.5. The van der Waals surface area contributed by atoms with Crippen molar-refractivity contribution in [3.05, 3.63) is 36.2 Å². The molecule has 7 nitrogen and oxygen atoms in total. The number of carbonyl (C=O) groups is 1. The Bertz CT molecular complexity index is 782. The van der Waals surface area contributed by atoms with E-state index in [-0.39, 0.29) is 5.97 Å². The van der Waals surface area contributed by atoms with E-state index in [0.717, 1.165) is 18.9 Å². The van der Waals surface area contributed by atoms with Crippen LogP contribution in [-0.2, 0) is 4.74 Å². The Morgan fingerprint density at radius 1 is 1.18 bits per heavy atom. The van der Waals surface area contributed by atoms with E-state index in [4.69, 9.17) is 10.5 Å². The first-order valence-electron chi connectivity index (χ1n) is 9.71. The second kappa shape index (κ2) is 9.92. The molecule has 0 aliphatic rings. The largest absolute Gasteiger partial charge is 0.462 e. The quantitative estimate of drug-likeness (QED) is 0.628. The molecule has 7 heteroatoms. The zero-order valence-electron chi connectivity index (χ0n) is 17.4. The molecule has 0 saturated carbocycles. The standard InChI is InChI=1S/C21H31N5O2/c1-6-28-21(27)16-8-7-9-17(10-16)25-19-18(22)20(24-13-23-19)26(11-14(2)3)12-15(4)5/h7-10,13-15H,6,11-12,22H2,1-5H3,(H,23,24,25). The number of ether oxygens (including phenoxy) is 1. The SMILES string of the molecule is CCOC(=O)c1cccc(Nc2ncnc(N(CC(C)C)CC(C)C)c2N)c1. The molecule has 1 aromatic carbocycles. The van der Waals surface area contributed by atoms with Crippen molar-refractivity contribution >= 4 is 29.0 Å². The number of benzene rings is 1. The lowest BCUT2D eigenvalue weighted by atomic mass is 10.1. The van der Waals surface area contributed by atoms with Gasteiger partial charge in [0.25, 0.3) is 0 Å². The van der Waals surface area contributed by atoms with Gasteiger partial charge in [0.05, 0.1) is 12.2 Å². The molecule has 2 rings (SSSR count). The van der Waals surface area contributed by atoms with Gasteiger partial charge in [-0.2, -0.15) is 0 Å². The maximum absolute atomic E-state index is 12.0. The van der Waals surface area contributed by atoms with Gasteiger partial charge in [-0.1, -0.05) is 33.8 Å². The Kier molecular flexibility index (Phi) is 7.61. The highest BCUT2D eigenvalue weighted by molar-refractivity contribution is 5.91. The highest BCUT2D eigenvalue weighted by Crippen LogP contribution is 2.29. The first-order chi connectivity index (χ1) is 13.3. The number of nitrogen functional groups attached to an aromatic ring is 1. The number of aromatic nitrogens is 2. The minimum absolute atomic E-state index is 0.334. The van der Waals surface area contributed by atoms with Gasteiger partial charge in [0, 0.05) is 18.8 Å². The summed E-state index contributed by atoms with van der Waals surface area (Å²) in [5.74, 6) is 1.84. The van der Waals surface area contributed by atoms with Crippen LogP contribution in [-0.4, -0.2) is 35.6 Å². The average Bonchev–Trinajstić information content (AvgIpc) is 2.62. The van der Waals surface area contributed by atoms with Crippen LogP contribution in [0.4, 0.5) is 23.0 Å². The summed E-state index contributed by atoms with van der Waals surface area (Å²) in [6, 6.07) is 7.07. The Labute approximate surface area is 167 Å². The zero-order valence-corrected chi connectivity index (χ0v) is 17.4. The van der Waals surface area contributed by atoms with Gasteiger partial charge in [0.1, 0.15) is 12.0 Å². The number of esters is 1. The molecular weight excluding hydrogens is 354 g/mol. The average molecular weight is 386 g/mol. The van der Waals surface area contributed by atoms with E-state index in [2.05, 4.69) is 47.9 Å². The summed E-state index contributed by atoms with van der Waals surface area (Å²) < 4.78 is 5.06. The molecule has 1 heterocycles. The minimum atomic E-state index is -0.359. The van der Waals surface area contributed by atoms with Crippen molar-refractivity contribution in [2.24, 2.45) is 11.8 Å². The Balaban J connectivity index is 2.29. The highest BCUT2D eigenvalue weighted by atomic mass is 16.5. The van der Waals surface area contributed by atoms with Crippen molar-refractivity contribution in [3.63, 3.8) is 0 Å². The van der Waals surface area contributed by atoms with Crippen molar-refractivity contribution in [2.45, 2.75) is 34.6 Å². The summed E-state index contributed by atoms with van der Waals surface area (Å²) in [6.07, 6.45) is 1.51. The fourth-order valence-electron chi connectivity index (χ4n) is 2.94. The molecule has 0 fully saturated rings. The Hall–Kier alpha value is -2.83. The number of nitrogens with two attached hydrogens (primary N) is 1. The van der Waals surface area contributed by atoms with Crippen molar-refractivity contribution in [1.29, 1.82) is 0 Å². The molecule has 1 aromatic heterocycles. The fourth-order valence-corrected chi connectivity index (χ4v) is 2.94. The van der Waals surface area contributed by atoms with Crippen LogP contribution in [0, 0.1) is 11.8 Å². The van der Waals surface area contributed by atoms with E-state index in [1.54, 1.807) is 25.1 Å². The second-order valence-electron chi connectivity index (χ2n) is 7.58. The molecule has 2 aromatic rings. The van der Waals surface area contributed by atoms with E-state index in [9.17, 15) is 4.79 Å². The topological polar surface area (TPSA) is 93.4 Å². The summed E-state index contributed by atoms with van der Waals surface area (Å²) in [5.41, 5.74) is 8.08. The van der Waals surface area contributed by atoms with Gasteiger partial charge in [0.15, 0.2) is 11.6 Å². The van der Waals surface area contributed by atoms with Crippen LogP contribution in [0.15, 0.2) is 30.6 Å². The summed E-state index contributed by atoms with van der Waals surface area (Å²) in [7, 11) is 0. The molecule has 0 unspecified atom stereocenters. The van der Waals surface area contributed by atoms with E-state index in [1.165, 1.54) is 6.33 Å². The lowest BCUT2D eigenvalue weighted by molar-refractivity contribution is 0.0526. The molecule has 28 heavy (non-hydrogen) atoms. The molecule has 0 amide bonds. The van der Waals surface area contributed by atoms with Crippen LogP contribution in [0.25, 0.3) is 0 Å². The van der Waals surface area contributed by atoms with Crippen LogP contribution in [0.1, 0.15) is 45.0 Å². The molecule has 0 radical (unpaired) electrons. The van der Waals surface area contributed by atoms with Crippen molar-refractivity contribution in [1.82, 2.24) is 9.97 Å². The van der Waals surface area contributed by atoms with E-state index in [1.807, 2.05) is 6.07 Å². The molecule has 0 aliphatic carbocycles. The normalized spacial score (nSPS) is 11.0. The van der Waals surface area contributed by atoms with Gasteiger partial charge < -0.3 is 20.7 Å². The third-order valence-corrected chi connectivity index (χ3v) is 3.97. The number of hydrogen-bond donors (Lipinski definition) is 2. The maximum atomic E-state index is 12.0. The molecule has 3 N–H and O–H groups in total. The lowest BCUT2D eigenvalue weighted by Gasteiger charge is -2.28. The van der Waals surface area contributed by atoms with Crippen LogP contribution in [0.5, 0.6) is 0 Å². The monoisotopic (exact) mass is 385 g/mol. The molecule has 152 valence electrons. The maximum Gasteiger partial charge on any atom is 0.338 e. The number of nitrogens with one attached hydrogen (secondary N) is 1. The predicted octanol–water partition coefficient (Wildman–Crippen LogP) is 4.10. The number of anilines is 4. The Morgan fingerprint density at radius 2 is 1.86 bits per heavy atom. The van der Waals surface area contributed by atoms with Gasteiger partial charge in [-0.15, -0.1) is 0 Å². The number of hydrogen-bond acceptors (Lipinski definition) is 7. The fraction of sp³-hybridized carbons (Fsp3) is 0.476. The van der Waals surface area contributed by atoms with E-state index in [0.29, 0.717) is 41.2 Å². The predicted molar refractivity (Wildman–Crippen MR) is 114 cm³/mol. The van der Waals surface area contributed by atoms with Gasteiger partial charge in [-0.25, -0.2) is 14.8 Å². The molecule has 0 bridgehead atoms. The number of nitrogens with zero attached hydrogens (tertiary/aromatic N) is 3. The third kappa shape index (κ3) is 5.84. The summed E-state index contributed by atoms with van der Waals surface area (Å²) in [6.45, 7) is 12.5. The molecule has 0 aliphatic heterocycles. The number of carbonyl (C=O) groups excluding carboxylic acids is 1. The van der Waals surface area contributed by atoms with Gasteiger partial charge in [-0.3, -0.25) is 0 Å². The first-order valence-corrected chi connectivity index (χ1v) is 9.71. The van der Waals surface area contributed by atoms with Gasteiger partial charge in [-0.05, 0) is 37.0 Å². The second-order valence-corrected chi connectivity index (χ2v) is 7.58. The molecule has 0 saturated heterocycles. The van der Waals surface area contributed by atoms with Crippen molar-refractivity contribution in [2.75, 3.05) is 35.6 Å². The third-order valence-electron chi connectivity index (χ3n) is 3.97. The number of rotatable bonds is 9. The van der Waals surface area contributed by atoms with Crippen molar-refractivity contribution < 1.29 is 9.53 Å². The van der Waals surface area contributed by atoms with Gasteiger partial charge >= 0.3 is 5.97 Å². The van der Waals surface area contributed by atoms with Gasteiger partial charge in [0.2, 0.25) is 0 Å². The smallest absolute Gasteiger partial charge is 0.338 e. The van der Waals surface area contributed by atoms with E-state index < -0.39 is 0 Å². The zero-order chi connectivity index (χ0) is 20.7. The lowest BCUT2D eigenvalue weighted by Crippen LogP contribution is -2.32. The van der Waals surface area contributed by atoms with Crippen LogP contribution in [0.2, 0.25) is 0 Å². The molecule has 0 spiro atoms. The van der Waals surface area contributed by atoms with E-state index >= 15 is 0 Å². The van der Waals surface area contributed by atoms with Crippen LogP contribution >= 0.6 is 0 Å². The summed E-state index contributed by atoms with van der Waals surface area (Å²) in [5, 5.41) is 3.20. The summed E-state index contributed by atoms with van der Waals surface area (Å²) >= 11 is 0. The van der Waals surface area contributed by atoms with Crippen LogP contribution in [0.3, 0.4) is 0 Å². The molecular formula is C21H31N5O2. The van der Waals surface area contributed by atoms with Crippen LogP contribution < -0.4 is 16.0 Å². The Morgan fingerprint density at radius 3 is 2.46 bits per heavy atom.